The van der Waals surface area contributed by atoms with Crippen LogP contribution in [0, 0.1) is 5.92 Å². The predicted octanol–water partition coefficient (Wildman–Crippen LogP) is 10.1. The number of hydrogen-bond acceptors (Lipinski definition) is 4. The van der Waals surface area contributed by atoms with E-state index < -0.39 is 12.2 Å². The highest BCUT2D eigenvalue weighted by molar-refractivity contribution is 6.02. The molecule has 1 N–H and O–H groups in total. The van der Waals surface area contributed by atoms with E-state index in [9.17, 15) is 14.7 Å². The van der Waals surface area contributed by atoms with E-state index in [-0.39, 0.29) is 18.2 Å². The molecule has 0 rings (SSSR count). The van der Waals surface area contributed by atoms with Crippen LogP contribution in [0.2, 0.25) is 0 Å². The van der Waals surface area contributed by atoms with Crippen molar-refractivity contribution in [1.82, 2.24) is 0 Å². The molecule has 0 spiro atoms. The Hall–Kier alpha value is -1.00. The van der Waals surface area contributed by atoms with E-state index in [1.54, 1.807) is 0 Å². The summed E-state index contributed by atoms with van der Waals surface area (Å²) >= 11 is 0. The molecule has 0 aliphatic rings. The van der Waals surface area contributed by atoms with Crippen LogP contribution in [0.5, 0.6) is 0 Å². The molecule has 0 aromatic rings. The van der Waals surface area contributed by atoms with Crippen LogP contribution in [0.4, 0.5) is 0 Å². The number of unbranched alkanes of at least 4 members (excludes halogenated alkanes) is 20. The topological polar surface area (TPSA) is 63.6 Å². The maximum absolute atomic E-state index is 12.9. The minimum Gasteiger partial charge on any atom is -0.365 e. The zero-order valence-electron chi connectivity index (χ0n) is 25.5. The van der Waals surface area contributed by atoms with Crippen molar-refractivity contribution >= 4 is 11.6 Å². The average molecular weight is 537 g/mol. The van der Waals surface area contributed by atoms with Crippen molar-refractivity contribution in [3.05, 3.63) is 12.7 Å². The summed E-state index contributed by atoms with van der Waals surface area (Å²) in [6.45, 7) is 8.21. The van der Waals surface area contributed by atoms with Crippen molar-refractivity contribution in [3.8, 4) is 0 Å². The average Bonchev–Trinajstić information content (AvgIpc) is 2.92. The molecule has 0 aromatic heterocycles. The smallest absolute Gasteiger partial charge is 0.173 e. The summed E-state index contributed by atoms with van der Waals surface area (Å²) in [5.74, 6) is -0.463. The Balaban J connectivity index is 4.13. The van der Waals surface area contributed by atoms with Crippen LogP contribution in [0.3, 0.4) is 0 Å². The molecule has 4 nitrogen and oxygen atoms in total. The molecule has 0 radical (unpaired) electrons. The van der Waals surface area contributed by atoms with Crippen molar-refractivity contribution in [2.45, 2.75) is 181 Å². The largest absolute Gasteiger partial charge is 0.365 e. The van der Waals surface area contributed by atoms with Crippen molar-refractivity contribution in [2.24, 2.45) is 5.92 Å². The third kappa shape index (κ3) is 24.1. The van der Waals surface area contributed by atoms with Gasteiger partial charge in [-0.15, -0.1) is 0 Å². The summed E-state index contributed by atoms with van der Waals surface area (Å²) in [5, 5.41) is 9.57. The summed E-state index contributed by atoms with van der Waals surface area (Å²) in [7, 11) is 0. The second-order valence-electron chi connectivity index (χ2n) is 11.3. The lowest BCUT2D eigenvalue weighted by Gasteiger charge is -2.16. The number of aliphatic hydroxyl groups excluding tert-OH is 1. The molecule has 0 aliphatic carbocycles. The molecule has 0 aliphatic heterocycles. The van der Waals surface area contributed by atoms with Gasteiger partial charge in [0.05, 0.1) is 12.5 Å². The van der Waals surface area contributed by atoms with E-state index in [4.69, 9.17) is 4.74 Å². The molecule has 38 heavy (non-hydrogen) atoms. The molecule has 0 fully saturated rings. The highest BCUT2D eigenvalue weighted by Gasteiger charge is 2.25. The molecule has 0 heterocycles. The van der Waals surface area contributed by atoms with Gasteiger partial charge in [-0.05, 0) is 25.3 Å². The summed E-state index contributed by atoms with van der Waals surface area (Å²) in [6, 6.07) is 0. The Morgan fingerprint density at radius 1 is 0.605 bits per heavy atom. The molecular weight excluding hydrogens is 472 g/mol. The number of rotatable bonds is 31. The molecule has 0 amide bonds. The van der Waals surface area contributed by atoms with E-state index in [1.165, 1.54) is 122 Å². The number of carbonyl (C=O) groups excluding carboxylic acids is 2. The van der Waals surface area contributed by atoms with Crippen molar-refractivity contribution in [2.75, 3.05) is 6.61 Å². The van der Waals surface area contributed by atoms with E-state index >= 15 is 0 Å². The Kier molecular flexibility index (Phi) is 28.2. The minimum atomic E-state index is -1.04. The summed E-state index contributed by atoms with van der Waals surface area (Å²) < 4.78 is 5.28. The molecule has 0 saturated carbocycles. The van der Waals surface area contributed by atoms with Crippen LogP contribution < -0.4 is 0 Å². The van der Waals surface area contributed by atoms with E-state index in [1.807, 2.05) is 0 Å². The van der Waals surface area contributed by atoms with Crippen LogP contribution in [-0.2, 0) is 14.3 Å². The fraction of sp³-hybridized carbons (Fsp3) is 0.882. The van der Waals surface area contributed by atoms with E-state index in [0.29, 0.717) is 19.3 Å². The van der Waals surface area contributed by atoms with Gasteiger partial charge in [0.2, 0.25) is 0 Å². The molecule has 224 valence electrons. The molecule has 4 heteroatoms. The van der Waals surface area contributed by atoms with Crippen LogP contribution in [0.25, 0.3) is 0 Å². The van der Waals surface area contributed by atoms with Crippen molar-refractivity contribution < 1.29 is 19.4 Å². The van der Waals surface area contributed by atoms with Crippen molar-refractivity contribution in [3.63, 3.8) is 0 Å². The Morgan fingerprint density at radius 3 is 1.24 bits per heavy atom. The first-order valence-electron chi connectivity index (χ1n) is 16.5. The lowest BCUT2D eigenvalue weighted by Crippen LogP contribution is -2.26. The van der Waals surface area contributed by atoms with Crippen LogP contribution in [0.1, 0.15) is 174 Å². The van der Waals surface area contributed by atoms with Gasteiger partial charge >= 0.3 is 0 Å². The number of hydrogen-bond donors (Lipinski definition) is 1. The molecular formula is C34H64O4. The molecule has 1 atom stereocenters. The van der Waals surface area contributed by atoms with Gasteiger partial charge in [-0.2, -0.15) is 0 Å². The standard InChI is InChI=1S/C34H64O4/c1-4-7-9-11-13-15-17-19-21-23-25-27-32(35)31(29-30-38-34(37)6-3)33(36)28-26-24-22-20-18-16-14-12-10-8-5-2/h6,31,34,37H,3-5,7-30H2,1-2H3. The zero-order chi connectivity index (χ0) is 28.1. The molecule has 0 aromatic carbocycles. The normalized spacial score (nSPS) is 12.2. The summed E-state index contributed by atoms with van der Waals surface area (Å²) in [4.78, 5) is 25.9. The highest BCUT2D eigenvalue weighted by atomic mass is 16.6. The van der Waals surface area contributed by atoms with Crippen LogP contribution in [-0.4, -0.2) is 29.6 Å². The van der Waals surface area contributed by atoms with Gasteiger partial charge in [0.15, 0.2) is 6.29 Å². The van der Waals surface area contributed by atoms with Gasteiger partial charge < -0.3 is 9.84 Å². The third-order valence-corrected chi connectivity index (χ3v) is 7.73. The zero-order valence-corrected chi connectivity index (χ0v) is 25.5. The van der Waals surface area contributed by atoms with Gasteiger partial charge in [-0.25, -0.2) is 0 Å². The van der Waals surface area contributed by atoms with Crippen LogP contribution in [0.15, 0.2) is 12.7 Å². The quantitative estimate of drug-likeness (QED) is 0.0414. The van der Waals surface area contributed by atoms with E-state index in [2.05, 4.69) is 20.4 Å². The van der Waals surface area contributed by atoms with Gasteiger partial charge in [0.25, 0.3) is 0 Å². The number of carbonyl (C=O) groups is 2. The van der Waals surface area contributed by atoms with Gasteiger partial charge in [0.1, 0.15) is 11.6 Å². The van der Waals surface area contributed by atoms with Gasteiger partial charge in [-0.1, -0.05) is 149 Å². The second-order valence-corrected chi connectivity index (χ2v) is 11.3. The van der Waals surface area contributed by atoms with Gasteiger partial charge in [-0.3, -0.25) is 9.59 Å². The lowest BCUT2D eigenvalue weighted by molar-refractivity contribution is -0.135. The number of ketones is 2. The number of aliphatic hydroxyl groups is 1. The maximum atomic E-state index is 12.9. The fourth-order valence-electron chi connectivity index (χ4n) is 5.15. The van der Waals surface area contributed by atoms with E-state index in [0.717, 1.165) is 25.7 Å². The summed E-state index contributed by atoms with van der Waals surface area (Å²) in [5.41, 5.74) is 0. The second kappa shape index (κ2) is 29.0. The first kappa shape index (κ1) is 37.0. The lowest BCUT2D eigenvalue weighted by atomic mass is 9.89. The Bertz CT molecular complexity index is 507. The Morgan fingerprint density at radius 2 is 0.921 bits per heavy atom. The Labute approximate surface area is 236 Å². The first-order chi connectivity index (χ1) is 18.6. The fourth-order valence-corrected chi connectivity index (χ4v) is 5.15. The third-order valence-electron chi connectivity index (χ3n) is 7.73. The summed E-state index contributed by atoms with van der Waals surface area (Å²) in [6.07, 6.45) is 29.0. The molecule has 0 saturated heterocycles. The number of Topliss-reactive ketones (excluding diaryl/α,β-unsaturated/α-hetero) is 2. The van der Waals surface area contributed by atoms with Crippen molar-refractivity contribution in [1.29, 1.82) is 0 Å². The monoisotopic (exact) mass is 536 g/mol. The molecule has 1 unspecified atom stereocenters. The first-order valence-corrected chi connectivity index (χ1v) is 16.5. The predicted molar refractivity (Wildman–Crippen MR) is 162 cm³/mol. The maximum Gasteiger partial charge on any atom is 0.173 e. The minimum absolute atomic E-state index is 0.0608. The number of ether oxygens (including phenoxy) is 1. The highest BCUT2D eigenvalue weighted by Crippen LogP contribution is 2.19. The van der Waals surface area contributed by atoms with Crippen LogP contribution >= 0.6 is 0 Å². The SMILES string of the molecule is C=CC(O)OCCC(C(=O)CCCCCCCCCCCCC)C(=O)CCCCCCCCCCCCC. The van der Waals surface area contributed by atoms with Gasteiger partial charge in [0, 0.05) is 12.8 Å². The molecule has 0 bridgehead atoms.